The summed E-state index contributed by atoms with van der Waals surface area (Å²) in [5.41, 5.74) is 6.76. The van der Waals surface area contributed by atoms with Crippen LogP contribution in [0, 0.1) is 13.8 Å². The first kappa shape index (κ1) is 19.9. The average molecular weight is 380 g/mol. The summed E-state index contributed by atoms with van der Waals surface area (Å²) in [6.07, 6.45) is 2.99. The van der Waals surface area contributed by atoms with Crippen molar-refractivity contribution in [2.24, 2.45) is 0 Å². The van der Waals surface area contributed by atoms with Crippen molar-refractivity contribution in [3.63, 3.8) is 0 Å². The number of rotatable bonds is 5. The molecular weight excluding hydrogens is 350 g/mol. The van der Waals surface area contributed by atoms with Crippen LogP contribution in [0.15, 0.2) is 36.4 Å². The average Bonchev–Trinajstić information content (AvgIpc) is 2.70. The molecule has 0 spiro atoms. The van der Waals surface area contributed by atoms with E-state index in [1.54, 1.807) is 6.07 Å². The molecule has 0 bridgehead atoms. The first-order valence-corrected chi connectivity index (χ1v) is 10.0. The minimum atomic E-state index is -0.632. The Labute approximate surface area is 167 Å². The summed E-state index contributed by atoms with van der Waals surface area (Å²) in [7, 11) is 0. The van der Waals surface area contributed by atoms with Gasteiger partial charge in [0.2, 0.25) is 0 Å². The lowest BCUT2D eigenvalue weighted by atomic mass is 9.98. The quantitative estimate of drug-likeness (QED) is 0.783. The SMILES string of the molecule is CCN1CCCc2cc(CCNC(=O)C(=O)Nc3ccc(C)c(C)c3)ccc21. The summed E-state index contributed by atoms with van der Waals surface area (Å²) in [4.78, 5) is 26.6. The first-order valence-electron chi connectivity index (χ1n) is 10.0. The van der Waals surface area contributed by atoms with Gasteiger partial charge < -0.3 is 15.5 Å². The molecule has 0 fully saturated rings. The zero-order chi connectivity index (χ0) is 20.1. The van der Waals surface area contributed by atoms with E-state index in [4.69, 9.17) is 0 Å². The van der Waals surface area contributed by atoms with Gasteiger partial charge >= 0.3 is 11.8 Å². The van der Waals surface area contributed by atoms with E-state index in [9.17, 15) is 9.59 Å². The zero-order valence-corrected chi connectivity index (χ0v) is 17.0. The molecule has 0 unspecified atom stereocenters. The van der Waals surface area contributed by atoms with Crippen LogP contribution in [0.25, 0.3) is 0 Å². The van der Waals surface area contributed by atoms with Crippen molar-refractivity contribution in [1.29, 1.82) is 0 Å². The van der Waals surface area contributed by atoms with Crippen molar-refractivity contribution in [2.75, 3.05) is 29.9 Å². The number of fused-ring (bicyclic) bond motifs is 1. The summed E-state index contributed by atoms with van der Waals surface area (Å²) >= 11 is 0. The van der Waals surface area contributed by atoms with Crippen molar-refractivity contribution in [3.05, 3.63) is 58.7 Å². The first-order chi connectivity index (χ1) is 13.5. The van der Waals surface area contributed by atoms with E-state index in [0.717, 1.165) is 30.6 Å². The van der Waals surface area contributed by atoms with Gasteiger partial charge in [0.1, 0.15) is 0 Å². The van der Waals surface area contributed by atoms with Crippen LogP contribution in [-0.4, -0.2) is 31.4 Å². The molecule has 0 saturated carbocycles. The van der Waals surface area contributed by atoms with Gasteiger partial charge in [0, 0.05) is 31.0 Å². The van der Waals surface area contributed by atoms with Gasteiger partial charge in [-0.05, 0) is 80.5 Å². The van der Waals surface area contributed by atoms with Crippen LogP contribution < -0.4 is 15.5 Å². The number of nitrogens with one attached hydrogen (secondary N) is 2. The van der Waals surface area contributed by atoms with E-state index in [-0.39, 0.29) is 0 Å². The lowest BCUT2D eigenvalue weighted by Gasteiger charge is -2.30. The predicted octanol–water partition coefficient (Wildman–Crippen LogP) is 3.37. The molecule has 0 radical (unpaired) electrons. The summed E-state index contributed by atoms with van der Waals surface area (Å²) in [5, 5.41) is 5.37. The molecule has 2 aromatic rings. The second kappa shape index (κ2) is 8.91. The molecule has 2 aromatic carbocycles. The standard InChI is InChI=1S/C23H29N3O2/c1-4-26-13-5-6-19-15-18(8-10-21(19)26)11-12-24-22(27)23(28)25-20-9-7-16(2)17(3)14-20/h7-10,14-15H,4-6,11-13H2,1-3H3,(H,24,27)(H,25,28). The molecule has 28 heavy (non-hydrogen) atoms. The molecule has 1 aliphatic heterocycles. The molecule has 2 N–H and O–H groups in total. The molecule has 3 rings (SSSR count). The third-order valence-electron chi connectivity index (χ3n) is 5.41. The number of hydrogen-bond acceptors (Lipinski definition) is 3. The number of carbonyl (C=O) groups is 2. The summed E-state index contributed by atoms with van der Waals surface area (Å²) in [6.45, 7) is 8.75. The second-order valence-electron chi connectivity index (χ2n) is 7.41. The van der Waals surface area contributed by atoms with Crippen LogP contribution in [0.1, 0.15) is 35.6 Å². The van der Waals surface area contributed by atoms with Gasteiger partial charge in [-0.1, -0.05) is 18.2 Å². The molecule has 0 atom stereocenters. The van der Waals surface area contributed by atoms with Crippen molar-refractivity contribution in [3.8, 4) is 0 Å². The lowest BCUT2D eigenvalue weighted by molar-refractivity contribution is -0.136. The fourth-order valence-corrected chi connectivity index (χ4v) is 3.62. The summed E-state index contributed by atoms with van der Waals surface area (Å²) in [5.74, 6) is -1.24. The maximum Gasteiger partial charge on any atom is 0.313 e. The molecule has 2 amide bonds. The minimum absolute atomic E-state index is 0.440. The van der Waals surface area contributed by atoms with Crippen LogP contribution in [0.2, 0.25) is 0 Å². The lowest BCUT2D eigenvalue weighted by Crippen LogP contribution is -2.36. The van der Waals surface area contributed by atoms with Gasteiger partial charge in [0.15, 0.2) is 0 Å². The Morgan fingerprint density at radius 2 is 1.86 bits per heavy atom. The van der Waals surface area contributed by atoms with E-state index in [2.05, 4.69) is 40.7 Å². The number of nitrogens with zero attached hydrogens (tertiary/aromatic N) is 1. The van der Waals surface area contributed by atoms with E-state index in [1.165, 1.54) is 23.2 Å². The van der Waals surface area contributed by atoms with Crippen LogP contribution in [-0.2, 0) is 22.4 Å². The fourth-order valence-electron chi connectivity index (χ4n) is 3.62. The highest BCUT2D eigenvalue weighted by Gasteiger charge is 2.16. The highest BCUT2D eigenvalue weighted by Crippen LogP contribution is 2.27. The molecule has 5 heteroatoms. The topological polar surface area (TPSA) is 61.4 Å². The molecule has 1 heterocycles. The minimum Gasteiger partial charge on any atom is -0.372 e. The Morgan fingerprint density at radius 1 is 1.04 bits per heavy atom. The van der Waals surface area contributed by atoms with Crippen molar-refractivity contribution < 1.29 is 9.59 Å². The van der Waals surface area contributed by atoms with Gasteiger partial charge in [-0.2, -0.15) is 0 Å². The number of hydrogen-bond donors (Lipinski definition) is 2. The Kier molecular flexibility index (Phi) is 6.34. The van der Waals surface area contributed by atoms with E-state index >= 15 is 0 Å². The number of carbonyl (C=O) groups excluding carboxylic acids is 2. The van der Waals surface area contributed by atoms with E-state index < -0.39 is 11.8 Å². The maximum atomic E-state index is 12.1. The number of anilines is 2. The monoisotopic (exact) mass is 379 g/mol. The second-order valence-corrected chi connectivity index (χ2v) is 7.41. The number of amides is 2. The molecule has 5 nitrogen and oxygen atoms in total. The Hall–Kier alpha value is -2.82. The zero-order valence-electron chi connectivity index (χ0n) is 17.0. The Morgan fingerprint density at radius 3 is 2.61 bits per heavy atom. The van der Waals surface area contributed by atoms with Crippen LogP contribution in [0.5, 0.6) is 0 Å². The van der Waals surface area contributed by atoms with Crippen LogP contribution in [0.4, 0.5) is 11.4 Å². The summed E-state index contributed by atoms with van der Waals surface area (Å²) < 4.78 is 0. The molecule has 148 valence electrons. The van der Waals surface area contributed by atoms with E-state index in [1.807, 2.05) is 26.0 Å². The normalized spacial score (nSPS) is 13.0. The maximum absolute atomic E-state index is 12.1. The van der Waals surface area contributed by atoms with Gasteiger partial charge in [-0.25, -0.2) is 0 Å². The summed E-state index contributed by atoms with van der Waals surface area (Å²) in [6, 6.07) is 12.1. The largest absolute Gasteiger partial charge is 0.372 e. The number of aryl methyl sites for hydroxylation is 3. The third-order valence-corrected chi connectivity index (χ3v) is 5.41. The van der Waals surface area contributed by atoms with Crippen LogP contribution in [0.3, 0.4) is 0 Å². The predicted molar refractivity (Wildman–Crippen MR) is 114 cm³/mol. The highest BCUT2D eigenvalue weighted by molar-refractivity contribution is 6.39. The molecular formula is C23H29N3O2. The van der Waals surface area contributed by atoms with Crippen molar-refractivity contribution in [1.82, 2.24) is 5.32 Å². The molecule has 0 saturated heterocycles. The Bertz CT molecular complexity index is 876. The van der Waals surface area contributed by atoms with Gasteiger partial charge in [-0.3, -0.25) is 9.59 Å². The number of benzene rings is 2. The van der Waals surface area contributed by atoms with Gasteiger partial charge in [-0.15, -0.1) is 0 Å². The Balaban J connectivity index is 1.51. The highest BCUT2D eigenvalue weighted by atomic mass is 16.2. The van der Waals surface area contributed by atoms with Gasteiger partial charge in [0.25, 0.3) is 0 Å². The van der Waals surface area contributed by atoms with Crippen molar-refractivity contribution in [2.45, 2.75) is 40.0 Å². The van der Waals surface area contributed by atoms with Crippen molar-refractivity contribution >= 4 is 23.2 Å². The van der Waals surface area contributed by atoms with Crippen LogP contribution >= 0.6 is 0 Å². The smallest absolute Gasteiger partial charge is 0.313 e. The molecule has 0 aromatic heterocycles. The van der Waals surface area contributed by atoms with E-state index in [0.29, 0.717) is 18.7 Å². The molecule has 1 aliphatic rings. The molecule has 0 aliphatic carbocycles. The fraction of sp³-hybridized carbons (Fsp3) is 0.391. The third kappa shape index (κ3) is 4.71. The van der Waals surface area contributed by atoms with Gasteiger partial charge in [0.05, 0.1) is 0 Å².